The van der Waals surface area contributed by atoms with Crippen molar-refractivity contribution in [3.63, 3.8) is 0 Å². The molecule has 2 rings (SSSR count). The van der Waals surface area contributed by atoms with E-state index in [0.717, 1.165) is 26.2 Å². The number of hydrogen-bond acceptors (Lipinski definition) is 2. The molecular weight excluding hydrogens is 166 g/mol. The summed E-state index contributed by atoms with van der Waals surface area (Å²) in [6, 6.07) is 0.549. The molecule has 13 heavy (non-hydrogen) atoms. The lowest BCUT2D eigenvalue weighted by molar-refractivity contribution is 0.181. The first kappa shape index (κ1) is 8.56. The van der Waals surface area contributed by atoms with Crippen LogP contribution in [0.3, 0.4) is 0 Å². The average molecular weight is 181 g/mol. The van der Waals surface area contributed by atoms with Crippen LogP contribution in [0, 0.1) is 0 Å². The number of hydrogen-bond donors (Lipinski definition) is 1. The summed E-state index contributed by atoms with van der Waals surface area (Å²) in [5.41, 5.74) is 0. The molecule has 1 atom stereocenters. The smallest absolute Gasteiger partial charge is 0.319 e. The van der Waals surface area contributed by atoms with Gasteiger partial charge < -0.3 is 15.1 Å². The maximum atomic E-state index is 11.7. The van der Waals surface area contributed by atoms with Gasteiger partial charge >= 0.3 is 6.03 Å². The van der Waals surface area contributed by atoms with Crippen LogP contribution in [0.4, 0.5) is 4.79 Å². The Balaban J connectivity index is 2.04. The zero-order valence-electron chi connectivity index (χ0n) is 7.70. The van der Waals surface area contributed by atoms with Crippen molar-refractivity contribution in [2.45, 2.75) is 6.04 Å². The topological polar surface area (TPSA) is 35.6 Å². The minimum atomic E-state index is 0.173. The van der Waals surface area contributed by atoms with E-state index in [1.807, 2.05) is 9.80 Å². The summed E-state index contributed by atoms with van der Waals surface area (Å²) >= 11 is 0. The Kier molecular flexibility index (Phi) is 2.22. The number of carbonyl (C=O) groups is 1. The molecule has 2 fully saturated rings. The molecule has 0 aromatic carbocycles. The van der Waals surface area contributed by atoms with Crippen LogP contribution in [-0.2, 0) is 0 Å². The molecule has 0 spiro atoms. The molecule has 2 saturated heterocycles. The zero-order valence-corrected chi connectivity index (χ0v) is 7.70. The van der Waals surface area contributed by atoms with Gasteiger partial charge in [-0.1, -0.05) is 6.08 Å². The van der Waals surface area contributed by atoms with Gasteiger partial charge in [-0.2, -0.15) is 0 Å². The second kappa shape index (κ2) is 3.38. The van der Waals surface area contributed by atoms with Crippen LogP contribution in [0.2, 0.25) is 0 Å². The Morgan fingerprint density at radius 2 is 2.54 bits per heavy atom. The van der Waals surface area contributed by atoms with Crippen LogP contribution >= 0.6 is 0 Å². The van der Waals surface area contributed by atoms with Crippen LogP contribution in [0.25, 0.3) is 0 Å². The first-order valence-corrected chi connectivity index (χ1v) is 4.70. The van der Waals surface area contributed by atoms with Gasteiger partial charge in [0.25, 0.3) is 0 Å². The van der Waals surface area contributed by atoms with Gasteiger partial charge in [-0.25, -0.2) is 4.79 Å². The molecular formula is C9H15N3O. The molecule has 2 aliphatic rings. The van der Waals surface area contributed by atoms with Gasteiger partial charge in [-0.05, 0) is 0 Å². The van der Waals surface area contributed by atoms with Crippen molar-refractivity contribution < 1.29 is 4.79 Å². The maximum absolute atomic E-state index is 11.7. The second-order valence-electron chi connectivity index (χ2n) is 3.53. The summed E-state index contributed by atoms with van der Waals surface area (Å²) in [5, 5.41) is 3.29. The Bertz CT molecular complexity index is 229. The molecule has 1 N–H and O–H groups in total. The van der Waals surface area contributed by atoms with Gasteiger partial charge in [0.2, 0.25) is 0 Å². The highest BCUT2D eigenvalue weighted by Crippen LogP contribution is 2.16. The van der Waals surface area contributed by atoms with Crippen LogP contribution in [-0.4, -0.2) is 54.6 Å². The van der Waals surface area contributed by atoms with E-state index >= 15 is 0 Å². The van der Waals surface area contributed by atoms with Gasteiger partial charge in [0.1, 0.15) is 0 Å². The highest BCUT2D eigenvalue weighted by molar-refractivity contribution is 5.77. The van der Waals surface area contributed by atoms with Crippen LogP contribution in [0.1, 0.15) is 0 Å². The quantitative estimate of drug-likeness (QED) is 0.603. The third-order valence-electron chi connectivity index (χ3n) is 2.65. The number of piperazine rings is 1. The number of carbonyl (C=O) groups excluding carboxylic acids is 1. The zero-order chi connectivity index (χ0) is 9.26. The molecule has 0 aromatic heterocycles. The summed E-state index contributed by atoms with van der Waals surface area (Å²) in [7, 11) is 0. The van der Waals surface area contributed by atoms with Crippen molar-refractivity contribution in [3.8, 4) is 0 Å². The van der Waals surface area contributed by atoms with Crippen molar-refractivity contribution in [3.05, 3.63) is 12.7 Å². The highest BCUT2D eigenvalue weighted by Gasteiger charge is 2.37. The van der Waals surface area contributed by atoms with Gasteiger partial charge in [0, 0.05) is 32.7 Å². The molecule has 2 heterocycles. The minimum absolute atomic E-state index is 0.173. The fraction of sp³-hybridized carbons (Fsp3) is 0.667. The number of urea groups is 1. The Morgan fingerprint density at radius 1 is 1.69 bits per heavy atom. The Morgan fingerprint density at radius 3 is 3.23 bits per heavy atom. The standard InChI is InChI=1S/C9H15N3O/c1-2-4-11-7-8-6-10-3-5-12(8)9(11)13/h2,8,10H,1,3-7H2. The van der Waals surface area contributed by atoms with E-state index in [2.05, 4.69) is 11.9 Å². The lowest BCUT2D eigenvalue weighted by Crippen LogP contribution is -2.49. The van der Waals surface area contributed by atoms with Gasteiger partial charge in [0.05, 0.1) is 6.04 Å². The Labute approximate surface area is 78.2 Å². The lowest BCUT2D eigenvalue weighted by atomic mass is 10.2. The van der Waals surface area contributed by atoms with Crippen molar-refractivity contribution in [2.75, 3.05) is 32.7 Å². The lowest BCUT2D eigenvalue weighted by Gasteiger charge is -2.28. The number of nitrogens with one attached hydrogen (secondary N) is 1. The molecule has 1 unspecified atom stereocenters. The van der Waals surface area contributed by atoms with E-state index in [4.69, 9.17) is 0 Å². The monoisotopic (exact) mass is 181 g/mol. The average Bonchev–Trinajstić information content (AvgIpc) is 2.46. The van der Waals surface area contributed by atoms with Crippen LogP contribution in [0.5, 0.6) is 0 Å². The second-order valence-corrected chi connectivity index (χ2v) is 3.53. The predicted octanol–water partition coefficient (Wildman–Crippen LogP) is -0.118. The molecule has 0 saturated carbocycles. The predicted molar refractivity (Wildman–Crippen MR) is 50.5 cm³/mol. The summed E-state index contributed by atoms with van der Waals surface area (Å²) < 4.78 is 0. The number of fused-ring (bicyclic) bond motifs is 1. The van der Waals surface area contributed by atoms with E-state index in [0.29, 0.717) is 12.6 Å². The maximum Gasteiger partial charge on any atom is 0.320 e. The van der Waals surface area contributed by atoms with Gasteiger partial charge in [-0.15, -0.1) is 6.58 Å². The summed E-state index contributed by atoms with van der Waals surface area (Å²) in [5.74, 6) is 0. The van der Waals surface area contributed by atoms with E-state index < -0.39 is 0 Å². The SMILES string of the molecule is C=CCN1CC2CNCCN2C1=O. The van der Waals surface area contributed by atoms with E-state index in [1.54, 1.807) is 6.08 Å². The molecule has 2 aliphatic heterocycles. The number of nitrogens with zero attached hydrogens (tertiary/aromatic N) is 2. The molecule has 2 amide bonds. The van der Waals surface area contributed by atoms with Gasteiger partial charge in [0.15, 0.2) is 0 Å². The normalized spacial score (nSPS) is 27.7. The molecule has 0 aliphatic carbocycles. The van der Waals surface area contributed by atoms with Crippen molar-refractivity contribution >= 4 is 6.03 Å². The molecule has 0 radical (unpaired) electrons. The summed E-state index contributed by atoms with van der Waals surface area (Å²) in [4.78, 5) is 15.5. The molecule has 0 aromatic rings. The fourth-order valence-corrected chi connectivity index (χ4v) is 2.00. The van der Waals surface area contributed by atoms with Crippen molar-refractivity contribution in [1.29, 1.82) is 0 Å². The highest BCUT2D eigenvalue weighted by atomic mass is 16.2. The molecule has 4 heteroatoms. The molecule has 72 valence electrons. The van der Waals surface area contributed by atoms with E-state index in [1.165, 1.54) is 0 Å². The summed E-state index contributed by atoms with van der Waals surface area (Å²) in [6.07, 6.45) is 1.78. The summed E-state index contributed by atoms with van der Waals surface area (Å²) in [6.45, 7) is 7.86. The number of amides is 2. The largest absolute Gasteiger partial charge is 0.320 e. The number of rotatable bonds is 2. The minimum Gasteiger partial charge on any atom is -0.319 e. The molecule has 0 bridgehead atoms. The van der Waals surface area contributed by atoms with E-state index in [9.17, 15) is 4.79 Å². The van der Waals surface area contributed by atoms with Crippen LogP contribution < -0.4 is 5.32 Å². The first-order chi connectivity index (χ1) is 6.33. The first-order valence-electron chi connectivity index (χ1n) is 4.70. The third-order valence-corrected chi connectivity index (χ3v) is 2.65. The van der Waals surface area contributed by atoms with Crippen molar-refractivity contribution in [2.24, 2.45) is 0 Å². The van der Waals surface area contributed by atoms with Crippen LogP contribution in [0.15, 0.2) is 12.7 Å². The molecule has 4 nitrogen and oxygen atoms in total. The van der Waals surface area contributed by atoms with Gasteiger partial charge in [-0.3, -0.25) is 0 Å². The van der Waals surface area contributed by atoms with Crippen molar-refractivity contribution in [1.82, 2.24) is 15.1 Å². The van der Waals surface area contributed by atoms with E-state index in [-0.39, 0.29) is 6.03 Å². The Hall–Kier alpha value is -1.03. The third kappa shape index (κ3) is 1.42. The fourth-order valence-electron chi connectivity index (χ4n) is 2.00.